The maximum absolute atomic E-state index is 11.0. The first kappa shape index (κ1) is 74.1. The van der Waals surface area contributed by atoms with Crippen LogP contribution in [0.5, 0.6) is 0 Å². The molecule has 0 bridgehead atoms. The standard InChI is InChI=1S/C18H20O3.C17H18O3.C15H15ClO.C15H16O2.C3H3ClO.C2H4O2.Na/c1-3-18(19)21-13-15-6-10-17(11-7-15)16-8-4-14(5-9-16)12-20-2;1-13(18)20-12-15-5-9-17(10-6-15)16-7-3-14(4-8-16)11-19-2;2*1-17-11-13-4-8-15(9-5-13)14-6-2-12(10-16)3-7-14;1-2-3(4)5;1-2(3)4;/h3-8,10-11,16H,1,9,12-13H2,2H3;3-10H,11-12H2,1-2H3;2-9H,10-11H2,1H3;2-9,16H,10-11H2,1H3;2H,1H2;1H3,(H,3,4);/q;;;;;;+1. The van der Waals surface area contributed by atoms with Crippen molar-refractivity contribution in [3.8, 4) is 33.4 Å². The summed E-state index contributed by atoms with van der Waals surface area (Å²) in [5.41, 5.74) is 17.1. The summed E-state index contributed by atoms with van der Waals surface area (Å²) in [5.74, 6) is -0.782. The number of carbonyl (C=O) groups is 4. The zero-order valence-electron chi connectivity index (χ0n) is 50.6. The van der Waals surface area contributed by atoms with Gasteiger partial charge in [0.25, 0.3) is 0 Å². The molecule has 0 saturated carbocycles. The number of allylic oxidation sites excluding steroid dienone is 3. The summed E-state index contributed by atoms with van der Waals surface area (Å²) < 4.78 is 30.4. The fourth-order valence-electron chi connectivity index (χ4n) is 7.71. The first-order chi connectivity index (χ1) is 40.6. The fraction of sp³-hybridized carbons (Fsp3) is 0.229. The van der Waals surface area contributed by atoms with Gasteiger partial charge in [0.2, 0.25) is 5.24 Å². The fourth-order valence-corrected chi connectivity index (χ4v) is 7.89. The molecule has 1 aliphatic rings. The predicted molar refractivity (Wildman–Crippen MR) is 334 cm³/mol. The Morgan fingerprint density at radius 3 is 1.09 bits per heavy atom. The van der Waals surface area contributed by atoms with Gasteiger partial charge in [0.1, 0.15) is 13.2 Å². The Morgan fingerprint density at radius 1 is 0.518 bits per heavy atom. The summed E-state index contributed by atoms with van der Waals surface area (Å²) in [4.78, 5) is 40.1. The van der Waals surface area contributed by atoms with Crippen molar-refractivity contribution in [3.63, 3.8) is 0 Å². The van der Waals surface area contributed by atoms with Crippen LogP contribution in [0.1, 0.15) is 72.1 Å². The minimum atomic E-state index is -1.08. The van der Waals surface area contributed by atoms with Crippen molar-refractivity contribution >= 4 is 46.4 Å². The van der Waals surface area contributed by atoms with Crippen LogP contribution in [0.3, 0.4) is 0 Å². The second kappa shape index (κ2) is 43.6. The van der Waals surface area contributed by atoms with Gasteiger partial charge in [0.05, 0.1) is 33.0 Å². The van der Waals surface area contributed by atoms with E-state index in [4.69, 9.17) is 66.6 Å². The maximum Gasteiger partial charge on any atom is 1.00 e. The molecule has 85 heavy (non-hydrogen) atoms. The van der Waals surface area contributed by atoms with E-state index < -0.39 is 17.2 Å². The first-order valence-corrected chi connectivity index (χ1v) is 27.5. The Balaban J connectivity index is 0.000000544. The minimum absolute atomic E-state index is 0. The van der Waals surface area contributed by atoms with Gasteiger partial charge in [0, 0.05) is 59.2 Å². The Hall–Kier alpha value is -7.04. The maximum atomic E-state index is 11.0. The Bertz CT molecular complexity index is 3020. The topological polar surface area (TPSA) is 167 Å². The van der Waals surface area contributed by atoms with E-state index in [9.17, 15) is 14.4 Å². The van der Waals surface area contributed by atoms with E-state index >= 15 is 0 Å². The van der Waals surface area contributed by atoms with Gasteiger partial charge in [-0.25, -0.2) is 4.79 Å². The van der Waals surface area contributed by atoms with Gasteiger partial charge in [-0.15, -0.1) is 11.6 Å². The van der Waals surface area contributed by atoms with Crippen LogP contribution in [0.15, 0.2) is 219 Å². The van der Waals surface area contributed by atoms with E-state index in [2.05, 4.69) is 141 Å². The van der Waals surface area contributed by atoms with Crippen LogP contribution in [-0.2, 0) is 93.1 Å². The van der Waals surface area contributed by atoms with E-state index in [0.29, 0.717) is 44.8 Å². The molecular formula is C70H76Cl2NaO12+. The van der Waals surface area contributed by atoms with Crippen molar-refractivity contribution in [2.75, 3.05) is 35.0 Å². The Morgan fingerprint density at radius 2 is 0.824 bits per heavy atom. The second-order valence-corrected chi connectivity index (χ2v) is 19.2. The Labute approximate surface area is 535 Å². The number of carboxylic acid groups (broad SMARTS) is 1. The molecule has 8 rings (SSSR count). The number of carboxylic acids is 1. The number of aliphatic carboxylic acids is 1. The molecule has 0 aliphatic heterocycles. The number of alkyl halides is 1. The number of aliphatic hydroxyl groups excluding tert-OH is 1. The van der Waals surface area contributed by atoms with Crippen molar-refractivity contribution in [2.24, 2.45) is 0 Å². The average molecular weight is 1200 g/mol. The van der Waals surface area contributed by atoms with Gasteiger partial charge in [0.15, 0.2) is 0 Å². The molecule has 12 nitrogen and oxygen atoms in total. The third-order valence-electron chi connectivity index (χ3n) is 12.0. The first-order valence-electron chi connectivity index (χ1n) is 26.6. The molecule has 7 aromatic rings. The van der Waals surface area contributed by atoms with Crippen molar-refractivity contribution in [1.82, 2.24) is 0 Å². The molecule has 0 heterocycles. The van der Waals surface area contributed by atoms with Gasteiger partial charge in [-0.3, -0.25) is 9.59 Å². The van der Waals surface area contributed by atoms with E-state index in [0.717, 1.165) is 63.9 Å². The summed E-state index contributed by atoms with van der Waals surface area (Å²) in [6.07, 6.45) is 9.75. The summed E-state index contributed by atoms with van der Waals surface area (Å²) in [6.45, 7) is 12.1. The summed E-state index contributed by atoms with van der Waals surface area (Å²) >= 11 is 10.5. The van der Waals surface area contributed by atoms with E-state index in [1.165, 1.54) is 52.0 Å². The molecule has 7 aromatic carbocycles. The molecule has 1 unspecified atom stereocenters. The zero-order chi connectivity index (χ0) is 61.5. The quantitative estimate of drug-likeness (QED) is 0.0253. The third kappa shape index (κ3) is 30.6. The number of rotatable bonds is 20. The average Bonchev–Trinajstić information content (AvgIpc) is 3.69. The van der Waals surface area contributed by atoms with Gasteiger partial charge < -0.3 is 43.4 Å². The second-order valence-electron chi connectivity index (χ2n) is 18.5. The van der Waals surface area contributed by atoms with Crippen LogP contribution in [0.25, 0.3) is 33.4 Å². The molecule has 1 aliphatic carbocycles. The van der Waals surface area contributed by atoms with Crippen LogP contribution in [-0.4, -0.2) is 63.3 Å². The van der Waals surface area contributed by atoms with Gasteiger partial charge in [-0.2, -0.15) is 0 Å². The largest absolute Gasteiger partial charge is 1.00 e. The molecule has 1 N–H and O–H groups in total. The van der Waals surface area contributed by atoms with Crippen LogP contribution < -0.4 is 34.7 Å². The van der Waals surface area contributed by atoms with E-state index in [1.807, 2.05) is 60.7 Å². The molecule has 0 saturated heterocycles. The molecule has 442 valence electrons. The van der Waals surface area contributed by atoms with Crippen LogP contribution in [0.4, 0.5) is 0 Å². The smallest absolute Gasteiger partial charge is 0.550 e. The summed E-state index contributed by atoms with van der Waals surface area (Å²) in [7, 11) is 6.80. The SMILES string of the molecule is C=CC(=O)Cl.C=CC(=O)OCc1ccc(C2C=CC(COC)=CC2)cc1.CC(=O)[O-].COCc1ccc(-c2ccc(CCl)cc2)cc1.COCc1ccc(-c2ccc(CO)cc2)cc1.COCc1ccc(-c2ccc(COC(C)=O)cc2)cc1.[H+].[Na+]. The Kier molecular flexibility index (Phi) is 38.0. The van der Waals surface area contributed by atoms with E-state index in [-0.39, 0.29) is 50.2 Å². The van der Waals surface area contributed by atoms with Crippen molar-refractivity contribution in [3.05, 3.63) is 263 Å². The van der Waals surface area contributed by atoms with E-state index in [1.54, 1.807) is 28.4 Å². The molecule has 15 heteroatoms. The molecule has 1 atom stereocenters. The van der Waals surface area contributed by atoms with Crippen LogP contribution >= 0.6 is 23.2 Å². The summed E-state index contributed by atoms with van der Waals surface area (Å²) in [5, 5.41) is 17.4. The van der Waals surface area contributed by atoms with Crippen molar-refractivity contribution < 1.29 is 88.8 Å². The van der Waals surface area contributed by atoms with Crippen molar-refractivity contribution in [2.45, 2.75) is 71.7 Å². The van der Waals surface area contributed by atoms with Gasteiger partial charge in [-0.05, 0) is 114 Å². The van der Waals surface area contributed by atoms with Crippen LogP contribution in [0, 0.1) is 0 Å². The monoisotopic (exact) mass is 1200 g/mol. The number of halogens is 2. The molecule has 0 aromatic heterocycles. The number of esters is 2. The number of aliphatic hydroxyl groups is 1. The van der Waals surface area contributed by atoms with Crippen molar-refractivity contribution in [1.29, 1.82) is 0 Å². The number of benzene rings is 7. The molecule has 0 fully saturated rings. The number of hydrogen-bond donors (Lipinski definition) is 1. The third-order valence-corrected chi connectivity index (χ3v) is 12.5. The minimum Gasteiger partial charge on any atom is -0.550 e. The number of carbonyl (C=O) groups excluding carboxylic acids is 4. The van der Waals surface area contributed by atoms with Gasteiger partial charge in [-0.1, -0.05) is 201 Å². The normalized spacial score (nSPS) is 11.5. The molecule has 0 amide bonds. The molecule has 0 spiro atoms. The summed E-state index contributed by atoms with van der Waals surface area (Å²) in [6, 6.07) is 57.4. The predicted octanol–water partition coefficient (Wildman–Crippen LogP) is 11.1. The van der Waals surface area contributed by atoms with Gasteiger partial charge >= 0.3 is 42.9 Å². The molecular weight excluding hydrogens is 1130 g/mol. The zero-order valence-corrected chi connectivity index (χ0v) is 53.1. The number of hydrogen-bond acceptors (Lipinski definition) is 12. The number of ether oxygens (including phenoxy) is 6. The van der Waals surface area contributed by atoms with Crippen LogP contribution in [0.2, 0.25) is 0 Å². The molecule has 0 radical (unpaired) electrons. The number of methoxy groups -OCH3 is 4.